The molecular weight excluding hydrogens is 358 g/mol. The Hall–Kier alpha value is -1.64. The van der Waals surface area contributed by atoms with Crippen molar-refractivity contribution in [3.05, 3.63) is 29.6 Å². The molecule has 1 aliphatic heterocycles. The summed E-state index contributed by atoms with van der Waals surface area (Å²) in [5, 5.41) is 6.21. The van der Waals surface area contributed by atoms with Crippen molar-refractivity contribution in [2.24, 2.45) is 0 Å². The maximum atomic E-state index is 11.8. The molecule has 0 aliphatic carbocycles. The van der Waals surface area contributed by atoms with Gasteiger partial charge in [0.1, 0.15) is 0 Å². The first-order valence-corrected chi connectivity index (χ1v) is 11.1. The summed E-state index contributed by atoms with van der Waals surface area (Å²) < 4.78 is 30.6. The second-order valence-electron chi connectivity index (χ2n) is 6.03. The van der Waals surface area contributed by atoms with Gasteiger partial charge in [0.05, 0.1) is 23.7 Å². The highest BCUT2D eigenvalue weighted by Gasteiger charge is 2.17. The Morgan fingerprint density at radius 2 is 2.12 bits per heavy atom. The fourth-order valence-corrected chi connectivity index (χ4v) is 4.60. The first kappa shape index (κ1) is 18.2. The van der Waals surface area contributed by atoms with Crippen LogP contribution in [0.2, 0.25) is 0 Å². The molecule has 1 saturated heterocycles. The second-order valence-corrected chi connectivity index (χ2v) is 8.79. The van der Waals surface area contributed by atoms with E-state index in [4.69, 9.17) is 4.74 Å². The Labute approximate surface area is 152 Å². The molecule has 2 aromatic rings. The van der Waals surface area contributed by atoms with Crippen LogP contribution in [0.1, 0.15) is 19.8 Å². The van der Waals surface area contributed by atoms with Gasteiger partial charge in [-0.2, -0.15) is 0 Å². The van der Waals surface area contributed by atoms with Crippen molar-refractivity contribution in [3.8, 4) is 11.3 Å². The number of anilines is 2. The maximum absolute atomic E-state index is 11.8. The number of hydrogen-bond acceptors (Lipinski definition) is 6. The van der Waals surface area contributed by atoms with Gasteiger partial charge in [0.15, 0.2) is 5.13 Å². The Morgan fingerprint density at radius 1 is 1.36 bits per heavy atom. The van der Waals surface area contributed by atoms with Gasteiger partial charge >= 0.3 is 0 Å². The van der Waals surface area contributed by atoms with E-state index in [2.05, 4.69) is 10.3 Å². The van der Waals surface area contributed by atoms with Crippen molar-refractivity contribution in [2.75, 3.05) is 35.6 Å². The zero-order valence-corrected chi connectivity index (χ0v) is 16.1. The number of rotatable bonds is 7. The molecule has 0 spiro atoms. The summed E-state index contributed by atoms with van der Waals surface area (Å²) in [4.78, 5) is 4.60. The summed E-state index contributed by atoms with van der Waals surface area (Å²) in [6.45, 7) is 3.86. The highest BCUT2D eigenvalue weighted by atomic mass is 32.2. The average molecular weight is 382 g/mol. The number of thiazole rings is 1. The molecule has 1 fully saturated rings. The fraction of sp³-hybridized carbons (Fsp3) is 0.471. The van der Waals surface area contributed by atoms with E-state index in [0.717, 1.165) is 42.4 Å². The predicted molar refractivity (Wildman–Crippen MR) is 103 cm³/mol. The summed E-state index contributed by atoms with van der Waals surface area (Å²) in [5.41, 5.74) is 2.52. The lowest BCUT2D eigenvalue weighted by Crippen LogP contribution is -2.29. The van der Waals surface area contributed by atoms with Crippen molar-refractivity contribution in [2.45, 2.75) is 25.9 Å². The molecule has 1 aliphatic rings. The number of nitrogens with zero attached hydrogens (tertiary/aromatic N) is 2. The Morgan fingerprint density at radius 3 is 2.72 bits per heavy atom. The van der Waals surface area contributed by atoms with Crippen LogP contribution in [-0.2, 0) is 14.8 Å². The molecule has 1 aromatic carbocycles. The van der Waals surface area contributed by atoms with Gasteiger partial charge in [-0.05, 0) is 31.9 Å². The highest BCUT2D eigenvalue weighted by Crippen LogP contribution is 2.27. The second kappa shape index (κ2) is 7.72. The standard InChI is InChI=1S/C17H23N3O3S2/c1-3-20(25(2,21)22)14-8-6-13(7-9-14)16-12-24-17(19-16)18-11-15-5-4-10-23-15/h6-9,12,15H,3-5,10-11H2,1-2H3,(H,18,19). The molecular formula is C17H23N3O3S2. The quantitative estimate of drug-likeness (QED) is 0.797. The SMILES string of the molecule is CCN(c1ccc(-c2csc(NCC3CCCO3)n2)cc1)S(C)(=O)=O. The zero-order chi connectivity index (χ0) is 17.9. The van der Waals surface area contributed by atoms with Crippen LogP contribution >= 0.6 is 11.3 Å². The molecule has 0 bridgehead atoms. The molecule has 2 heterocycles. The molecule has 8 heteroatoms. The summed E-state index contributed by atoms with van der Waals surface area (Å²) in [7, 11) is -3.26. The molecule has 1 aromatic heterocycles. The van der Waals surface area contributed by atoms with Gasteiger partial charge in [0.25, 0.3) is 0 Å². The van der Waals surface area contributed by atoms with Crippen molar-refractivity contribution < 1.29 is 13.2 Å². The molecule has 3 rings (SSSR count). The normalized spacial score (nSPS) is 17.6. The van der Waals surface area contributed by atoms with Gasteiger partial charge in [-0.25, -0.2) is 13.4 Å². The van der Waals surface area contributed by atoms with Gasteiger partial charge in [0.2, 0.25) is 10.0 Å². The fourth-order valence-electron chi connectivity index (χ4n) is 2.90. The lowest BCUT2D eigenvalue weighted by molar-refractivity contribution is 0.120. The number of sulfonamides is 1. The van der Waals surface area contributed by atoms with E-state index in [1.807, 2.05) is 36.6 Å². The van der Waals surface area contributed by atoms with Crippen molar-refractivity contribution in [3.63, 3.8) is 0 Å². The first-order chi connectivity index (χ1) is 12.0. The third kappa shape index (κ3) is 4.50. The maximum Gasteiger partial charge on any atom is 0.232 e. The van der Waals surface area contributed by atoms with Crippen LogP contribution in [0.15, 0.2) is 29.6 Å². The lowest BCUT2D eigenvalue weighted by atomic mass is 10.1. The Balaban J connectivity index is 1.68. The van der Waals surface area contributed by atoms with E-state index in [1.54, 1.807) is 11.3 Å². The molecule has 0 amide bonds. The molecule has 1 unspecified atom stereocenters. The van der Waals surface area contributed by atoms with Crippen molar-refractivity contribution >= 4 is 32.2 Å². The summed E-state index contributed by atoms with van der Waals surface area (Å²) in [6, 6.07) is 7.45. The Kier molecular flexibility index (Phi) is 5.61. The summed E-state index contributed by atoms with van der Waals surface area (Å²) in [6.07, 6.45) is 3.73. The van der Waals surface area contributed by atoms with E-state index in [9.17, 15) is 8.42 Å². The average Bonchev–Trinajstić information content (AvgIpc) is 3.25. The molecule has 136 valence electrons. The van der Waals surface area contributed by atoms with E-state index in [-0.39, 0.29) is 6.10 Å². The molecule has 0 saturated carbocycles. The van der Waals surface area contributed by atoms with Gasteiger partial charge in [-0.3, -0.25) is 4.31 Å². The van der Waals surface area contributed by atoms with Gasteiger partial charge in [0, 0.05) is 30.6 Å². The Bertz CT molecular complexity index is 797. The first-order valence-electron chi connectivity index (χ1n) is 8.36. The highest BCUT2D eigenvalue weighted by molar-refractivity contribution is 7.92. The predicted octanol–water partition coefficient (Wildman–Crippen LogP) is 3.19. The number of ether oxygens (including phenoxy) is 1. The molecule has 6 nitrogen and oxygen atoms in total. The van der Waals surface area contributed by atoms with E-state index < -0.39 is 10.0 Å². The molecule has 25 heavy (non-hydrogen) atoms. The number of nitrogens with one attached hydrogen (secondary N) is 1. The minimum absolute atomic E-state index is 0.280. The lowest BCUT2D eigenvalue weighted by Gasteiger charge is -2.20. The minimum atomic E-state index is -3.26. The van der Waals surface area contributed by atoms with Crippen LogP contribution < -0.4 is 9.62 Å². The van der Waals surface area contributed by atoms with Crippen molar-refractivity contribution in [1.82, 2.24) is 4.98 Å². The summed E-state index contributed by atoms with van der Waals surface area (Å²) in [5.74, 6) is 0. The topological polar surface area (TPSA) is 71.5 Å². The smallest absolute Gasteiger partial charge is 0.232 e. The van der Waals surface area contributed by atoms with E-state index >= 15 is 0 Å². The van der Waals surface area contributed by atoms with Crippen LogP contribution in [0.3, 0.4) is 0 Å². The third-order valence-electron chi connectivity index (χ3n) is 4.15. The van der Waals surface area contributed by atoms with Crippen molar-refractivity contribution in [1.29, 1.82) is 0 Å². The molecule has 1 atom stereocenters. The third-order valence-corrected chi connectivity index (χ3v) is 6.22. The van der Waals surface area contributed by atoms with Crippen LogP contribution in [0.4, 0.5) is 10.8 Å². The van der Waals surface area contributed by atoms with Gasteiger partial charge < -0.3 is 10.1 Å². The molecule has 0 radical (unpaired) electrons. The monoisotopic (exact) mass is 381 g/mol. The van der Waals surface area contributed by atoms with Crippen LogP contribution in [0.5, 0.6) is 0 Å². The van der Waals surface area contributed by atoms with E-state index in [1.165, 1.54) is 10.6 Å². The van der Waals surface area contributed by atoms with Gasteiger partial charge in [-0.1, -0.05) is 12.1 Å². The largest absolute Gasteiger partial charge is 0.376 e. The van der Waals surface area contributed by atoms with Crippen LogP contribution in [-0.4, -0.2) is 45.5 Å². The minimum Gasteiger partial charge on any atom is -0.376 e. The van der Waals surface area contributed by atoms with Crippen LogP contribution in [0.25, 0.3) is 11.3 Å². The number of hydrogen-bond donors (Lipinski definition) is 1. The molecule has 1 N–H and O–H groups in total. The van der Waals surface area contributed by atoms with E-state index in [0.29, 0.717) is 12.2 Å². The van der Waals surface area contributed by atoms with Crippen LogP contribution in [0, 0.1) is 0 Å². The zero-order valence-electron chi connectivity index (χ0n) is 14.4. The van der Waals surface area contributed by atoms with Gasteiger partial charge in [-0.15, -0.1) is 11.3 Å². The number of benzene rings is 1. The summed E-state index contributed by atoms with van der Waals surface area (Å²) >= 11 is 1.56. The number of aromatic nitrogens is 1.